The topological polar surface area (TPSA) is 41.5 Å². The molecule has 3 nitrogen and oxygen atoms in total. The second-order valence-corrected chi connectivity index (χ2v) is 4.63. The Labute approximate surface area is 122 Å². The Balaban J connectivity index is 1.78. The van der Waals surface area contributed by atoms with Crippen molar-refractivity contribution in [3.63, 3.8) is 0 Å². The van der Waals surface area contributed by atoms with Crippen LogP contribution in [-0.2, 0) is 0 Å². The number of rotatable bonds is 3. The van der Waals surface area contributed by atoms with E-state index in [1.807, 2.05) is 48.5 Å². The average molecular weight is 274 g/mol. The van der Waals surface area contributed by atoms with Gasteiger partial charge in [0.2, 0.25) is 0 Å². The molecule has 0 aliphatic carbocycles. The third-order valence-corrected chi connectivity index (χ3v) is 3.23. The van der Waals surface area contributed by atoms with Crippen LogP contribution in [0.1, 0.15) is 15.9 Å². The maximum absolute atomic E-state index is 11.9. The van der Waals surface area contributed by atoms with Crippen molar-refractivity contribution in [1.29, 1.82) is 0 Å². The number of fused-ring (bicyclic) bond motifs is 1. The van der Waals surface area contributed by atoms with Crippen molar-refractivity contribution in [2.45, 2.75) is 0 Å². The van der Waals surface area contributed by atoms with Crippen molar-refractivity contribution in [2.75, 3.05) is 0 Å². The molecular formula is C18H14N2O. The number of hydrogen-bond donors (Lipinski definition) is 1. The van der Waals surface area contributed by atoms with Crippen LogP contribution >= 0.6 is 0 Å². The van der Waals surface area contributed by atoms with E-state index in [0.717, 1.165) is 16.3 Å². The first-order chi connectivity index (χ1) is 10.3. The SMILES string of the molecule is O=C(N/N=C/c1cccc2ccccc12)c1ccccc1. The summed E-state index contributed by atoms with van der Waals surface area (Å²) in [5.41, 5.74) is 4.11. The van der Waals surface area contributed by atoms with E-state index in [4.69, 9.17) is 0 Å². The van der Waals surface area contributed by atoms with Gasteiger partial charge in [-0.05, 0) is 22.9 Å². The Kier molecular flexibility index (Phi) is 3.74. The van der Waals surface area contributed by atoms with Crippen LogP contribution in [0.4, 0.5) is 0 Å². The monoisotopic (exact) mass is 274 g/mol. The highest BCUT2D eigenvalue weighted by atomic mass is 16.2. The Morgan fingerprint density at radius 2 is 1.57 bits per heavy atom. The molecule has 21 heavy (non-hydrogen) atoms. The molecule has 0 radical (unpaired) electrons. The molecule has 0 fully saturated rings. The number of nitrogens with one attached hydrogen (secondary N) is 1. The van der Waals surface area contributed by atoms with Crippen LogP contribution in [0.5, 0.6) is 0 Å². The molecule has 102 valence electrons. The fraction of sp³-hybridized carbons (Fsp3) is 0. The number of hydrazone groups is 1. The Bertz CT molecular complexity index is 789. The highest BCUT2D eigenvalue weighted by Crippen LogP contribution is 2.16. The molecule has 0 spiro atoms. The van der Waals surface area contributed by atoms with Crippen LogP contribution in [0.3, 0.4) is 0 Å². The molecule has 0 aliphatic rings. The zero-order valence-corrected chi connectivity index (χ0v) is 11.4. The molecule has 0 atom stereocenters. The van der Waals surface area contributed by atoms with Gasteiger partial charge in [-0.2, -0.15) is 5.10 Å². The summed E-state index contributed by atoms with van der Waals surface area (Å²) in [6, 6.07) is 23.1. The minimum Gasteiger partial charge on any atom is -0.267 e. The number of hydrogen-bond acceptors (Lipinski definition) is 2. The zero-order chi connectivity index (χ0) is 14.5. The normalized spacial score (nSPS) is 10.9. The molecule has 0 bridgehead atoms. The van der Waals surface area contributed by atoms with E-state index in [1.165, 1.54) is 0 Å². The molecule has 3 aromatic carbocycles. The van der Waals surface area contributed by atoms with Crippen LogP contribution in [-0.4, -0.2) is 12.1 Å². The first kappa shape index (κ1) is 13.1. The lowest BCUT2D eigenvalue weighted by Crippen LogP contribution is -2.17. The van der Waals surface area contributed by atoms with Crippen molar-refractivity contribution in [1.82, 2.24) is 5.43 Å². The molecule has 0 saturated heterocycles. The summed E-state index contributed by atoms with van der Waals surface area (Å²) in [6.45, 7) is 0. The van der Waals surface area contributed by atoms with Gasteiger partial charge in [-0.15, -0.1) is 0 Å². The standard InChI is InChI=1S/C18H14N2O/c21-18(15-8-2-1-3-9-15)20-19-13-16-11-6-10-14-7-4-5-12-17(14)16/h1-13H,(H,20,21)/b19-13+. The quantitative estimate of drug-likeness (QED) is 0.575. The van der Waals surface area contributed by atoms with Gasteiger partial charge in [0.25, 0.3) is 5.91 Å². The predicted molar refractivity (Wildman–Crippen MR) is 85.5 cm³/mol. The molecule has 3 rings (SSSR count). The fourth-order valence-corrected chi connectivity index (χ4v) is 2.18. The van der Waals surface area contributed by atoms with Gasteiger partial charge in [-0.1, -0.05) is 60.7 Å². The molecule has 0 heterocycles. The molecule has 0 aliphatic heterocycles. The van der Waals surface area contributed by atoms with E-state index in [2.05, 4.69) is 22.7 Å². The number of carbonyl (C=O) groups excluding carboxylic acids is 1. The van der Waals surface area contributed by atoms with Gasteiger partial charge in [0.15, 0.2) is 0 Å². The van der Waals surface area contributed by atoms with E-state index in [-0.39, 0.29) is 5.91 Å². The highest BCUT2D eigenvalue weighted by molar-refractivity contribution is 6.00. The summed E-state index contributed by atoms with van der Waals surface area (Å²) in [5, 5.41) is 6.30. The lowest BCUT2D eigenvalue weighted by molar-refractivity contribution is 0.0955. The fourth-order valence-electron chi connectivity index (χ4n) is 2.18. The minimum atomic E-state index is -0.216. The molecule has 3 aromatic rings. The largest absolute Gasteiger partial charge is 0.271 e. The van der Waals surface area contributed by atoms with E-state index in [0.29, 0.717) is 5.56 Å². The number of amides is 1. The molecule has 0 aromatic heterocycles. The van der Waals surface area contributed by atoms with Crippen LogP contribution < -0.4 is 5.43 Å². The van der Waals surface area contributed by atoms with Gasteiger partial charge in [0, 0.05) is 11.1 Å². The molecule has 3 heteroatoms. The van der Waals surface area contributed by atoms with Gasteiger partial charge in [0.1, 0.15) is 0 Å². The van der Waals surface area contributed by atoms with Crippen LogP contribution in [0.15, 0.2) is 77.9 Å². The highest BCUT2D eigenvalue weighted by Gasteiger charge is 2.02. The van der Waals surface area contributed by atoms with Crippen LogP contribution in [0.2, 0.25) is 0 Å². The lowest BCUT2D eigenvalue weighted by atomic mass is 10.1. The van der Waals surface area contributed by atoms with Crippen LogP contribution in [0.25, 0.3) is 10.8 Å². The predicted octanol–water partition coefficient (Wildman–Crippen LogP) is 3.60. The third-order valence-electron chi connectivity index (χ3n) is 3.23. The first-order valence-corrected chi connectivity index (χ1v) is 6.71. The van der Waals surface area contributed by atoms with Crippen LogP contribution in [0, 0.1) is 0 Å². The van der Waals surface area contributed by atoms with Crippen molar-refractivity contribution in [2.24, 2.45) is 5.10 Å². The summed E-state index contributed by atoms with van der Waals surface area (Å²) >= 11 is 0. The Hall–Kier alpha value is -2.94. The molecule has 1 N–H and O–H groups in total. The van der Waals surface area contributed by atoms with E-state index in [9.17, 15) is 4.79 Å². The molecular weight excluding hydrogens is 260 g/mol. The maximum Gasteiger partial charge on any atom is 0.271 e. The first-order valence-electron chi connectivity index (χ1n) is 6.71. The minimum absolute atomic E-state index is 0.216. The zero-order valence-electron chi connectivity index (χ0n) is 11.4. The van der Waals surface area contributed by atoms with Crippen molar-refractivity contribution < 1.29 is 4.79 Å². The summed E-state index contributed by atoms with van der Waals surface area (Å²) < 4.78 is 0. The van der Waals surface area contributed by atoms with E-state index in [1.54, 1.807) is 18.3 Å². The average Bonchev–Trinajstić information content (AvgIpc) is 2.56. The van der Waals surface area contributed by atoms with E-state index >= 15 is 0 Å². The van der Waals surface area contributed by atoms with Gasteiger partial charge in [0.05, 0.1) is 6.21 Å². The Morgan fingerprint density at radius 3 is 2.43 bits per heavy atom. The van der Waals surface area contributed by atoms with Gasteiger partial charge >= 0.3 is 0 Å². The summed E-state index contributed by atoms with van der Waals surface area (Å²) in [5.74, 6) is -0.216. The summed E-state index contributed by atoms with van der Waals surface area (Å²) in [7, 11) is 0. The van der Waals surface area contributed by atoms with Crippen molar-refractivity contribution in [3.05, 3.63) is 83.9 Å². The van der Waals surface area contributed by atoms with Gasteiger partial charge < -0.3 is 0 Å². The van der Waals surface area contributed by atoms with Gasteiger partial charge in [-0.25, -0.2) is 5.43 Å². The third kappa shape index (κ3) is 2.98. The second kappa shape index (κ2) is 6.01. The molecule has 1 amide bonds. The van der Waals surface area contributed by atoms with E-state index < -0.39 is 0 Å². The molecule has 0 unspecified atom stereocenters. The van der Waals surface area contributed by atoms with Crippen molar-refractivity contribution in [3.8, 4) is 0 Å². The maximum atomic E-state index is 11.9. The summed E-state index contributed by atoms with van der Waals surface area (Å²) in [4.78, 5) is 11.9. The Morgan fingerprint density at radius 1 is 0.857 bits per heavy atom. The second-order valence-electron chi connectivity index (χ2n) is 4.63. The molecule has 0 saturated carbocycles. The van der Waals surface area contributed by atoms with Gasteiger partial charge in [-0.3, -0.25) is 4.79 Å². The summed E-state index contributed by atoms with van der Waals surface area (Å²) in [6.07, 6.45) is 1.67. The van der Waals surface area contributed by atoms with Crippen molar-refractivity contribution >= 4 is 22.9 Å². The number of carbonyl (C=O) groups is 1. The smallest absolute Gasteiger partial charge is 0.267 e. The lowest BCUT2D eigenvalue weighted by Gasteiger charge is -2.02. The number of benzene rings is 3. The number of nitrogens with zero attached hydrogens (tertiary/aromatic N) is 1.